The summed E-state index contributed by atoms with van der Waals surface area (Å²) in [6.45, 7) is 0. The molecule has 6 heteroatoms. The first-order chi connectivity index (χ1) is 9.52. The second-order valence-corrected chi connectivity index (χ2v) is 5.10. The van der Waals surface area contributed by atoms with Gasteiger partial charge in [0.05, 0.1) is 27.7 Å². The van der Waals surface area contributed by atoms with Crippen LogP contribution in [-0.4, -0.2) is 13.0 Å². The first-order valence-electron chi connectivity index (χ1n) is 5.62. The van der Waals surface area contributed by atoms with Crippen LogP contribution in [0, 0.1) is 0 Å². The molecule has 0 aliphatic heterocycles. The van der Waals surface area contributed by atoms with Crippen molar-refractivity contribution in [1.82, 2.24) is 0 Å². The number of benzene rings is 2. The minimum absolute atomic E-state index is 0.125. The van der Waals surface area contributed by atoms with E-state index in [1.165, 1.54) is 12.1 Å². The molecule has 20 heavy (non-hydrogen) atoms. The maximum atomic E-state index is 12.2. The van der Waals surface area contributed by atoms with Crippen molar-refractivity contribution in [3.63, 3.8) is 0 Å². The van der Waals surface area contributed by atoms with Crippen LogP contribution in [0.4, 0.5) is 5.69 Å². The monoisotopic (exact) mass is 329 g/mol. The molecule has 0 aliphatic rings. The zero-order chi connectivity index (χ0) is 14.7. The summed E-state index contributed by atoms with van der Waals surface area (Å²) < 4.78 is 5.08. The van der Waals surface area contributed by atoms with E-state index in [4.69, 9.17) is 39.5 Å². The smallest absolute Gasteiger partial charge is 0.258 e. The molecule has 0 saturated carbocycles. The highest BCUT2D eigenvalue weighted by Crippen LogP contribution is 2.32. The zero-order valence-corrected chi connectivity index (χ0v) is 12.7. The van der Waals surface area contributed by atoms with Crippen molar-refractivity contribution in [2.24, 2.45) is 0 Å². The molecule has 0 saturated heterocycles. The number of carbonyl (C=O) groups excluding carboxylic acids is 1. The van der Waals surface area contributed by atoms with Gasteiger partial charge < -0.3 is 10.1 Å². The van der Waals surface area contributed by atoms with E-state index >= 15 is 0 Å². The normalized spacial score (nSPS) is 10.2. The molecule has 1 amide bonds. The maximum Gasteiger partial charge on any atom is 0.258 e. The van der Waals surface area contributed by atoms with Gasteiger partial charge in [-0.3, -0.25) is 4.79 Å². The molecular formula is C14H10Cl3NO2. The van der Waals surface area contributed by atoms with E-state index in [2.05, 4.69) is 5.32 Å². The highest BCUT2D eigenvalue weighted by Gasteiger charge is 2.17. The number of ether oxygens (including phenoxy) is 1. The number of halogens is 3. The first kappa shape index (κ1) is 15.0. The van der Waals surface area contributed by atoms with Crippen LogP contribution >= 0.6 is 34.8 Å². The Kier molecular flexibility index (Phi) is 4.76. The number of methoxy groups -OCH3 is 1. The Balaban J connectivity index is 2.31. The fraction of sp³-hybridized carbons (Fsp3) is 0.0714. The largest absolute Gasteiger partial charge is 0.497 e. The van der Waals surface area contributed by atoms with Crippen molar-refractivity contribution in [2.45, 2.75) is 0 Å². The van der Waals surface area contributed by atoms with E-state index in [1.54, 1.807) is 31.4 Å². The van der Waals surface area contributed by atoms with Crippen molar-refractivity contribution in [1.29, 1.82) is 0 Å². The van der Waals surface area contributed by atoms with Crippen LogP contribution in [0.3, 0.4) is 0 Å². The summed E-state index contributed by atoms with van der Waals surface area (Å²) in [6, 6.07) is 10.0. The lowest BCUT2D eigenvalue weighted by Gasteiger charge is -2.10. The van der Waals surface area contributed by atoms with Gasteiger partial charge in [0.25, 0.3) is 5.91 Å². The van der Waals surface area contributed by atoms with Crippen LogP contribution in [0.15, 0.2) is 36.4 Å². The zero-order valence-electron chi connectivity index (χ0n) is 10.4. The molecule has 0 unspecified atom stereocenters. The van der Waals surface area contributed by atoms with Crippen molar-refractivity contribution in [3.8, 4) is 5.75 Å². The molecule has 0 radical (unpaired) electrons. The number of carbonyl (C=O) groups is 1. The Bertz CT molecular complexity index is 659. The third kappa shape index (κ3) is 3.18. The highest BCUT2D eigenvalue weighted by molar-refractivity contribution is 6.46. The molecule has 0 spiro atoms. The van der Waals surface area contributed by atoms with E-state index in [0.29, 0.717) is 11.4 Å². The predicted molar refractivity (Wildman–Crippen MR) is 82.4 cm³/mol. The van der Waals surface area contributed by atoms with E-state index in [-0.39, 0.29) is 20.6 Å². The average molecular weight is 331 g/mol. The minimum Gasteiger partial charge on any atom is -0.497 e. The number of hydrogen-bond acceptors (Lipinski definition) is 2. The summed E-state index contributed by atoms with van der Waals surface area (Å²) in [5.41, 5.74) is 0.713. The van der Waals surface area contributed by atoms with Gasteiger partial charge in [-0.05, 0) is 24.3 Å². The van der Waals surface area contributed by atoms with Gasteiger partial charge in [-0.15, -0.1) is 0 Å². The molecule has 3 nitrogen and oxygen atoms in total. The van der Waals surface area contributed by atoms with Gasteiger partial charge in [0.1, 0.15) is 5.75 Å². The summed E-state index contributed by atoms with van der Waals surface area (Å²) >= 11 is 17.9. The highest BCUT2D eigenvalue weighted by atomic mass is 35.5. The van der Waals surface area contributed by atoms with Gasteiger partial charge in [-0.2, -0.15) is 0 Å². The van der Waals surface area contributed by atoms with E-state index < -0.39 is 5.91 Å². The molecule has 0 fully saturated rings. The summed E-state index contributed by atoms with van der Waals surface area (Å²) in [5.74, 6) is 0.196. The number of hydrogen-bond donors (Lipinski definition) is 1. The predicted octanol–water partition coefficient (Wildman–Crippen LogP) is 4.91. The van der Waals surface area contributed by atoms with E-state index in [0.717, 1.165) is 0 Å². The molecule has 2 rings (SSSR count). The Morgan fingerprint density at radius 2 is 1.80 bits per heavy atom. The lowest BCUT2D eigenvalue weighted by Crippen LogP contribution is -2.13. The summed E-state index contributed by atoms with van der Waals surface area (Å²) in [5, 5.41) is 3.33. The Hall–Kier alpha value is -1.42. The topological polar surface area (TPSA) is 38.3 Å². The van der Waals surface area contributed by atoms with Gasteiger partial charge >= 0.3 is 0 Å². The molecule has 2 aromatic rings. The van der Waals surface area contributed by atoms with Crippen LogP contribution < -0.4 is 10.1 Å². The number of amides is 1. The van der Waals surface area contributed by atoms with Crippen molar-refractivity contribution in [3.05, 3.63) is 57.0 Å². The Morgan fingerprint density at radius 3 is 2.50 bits per heavy atom. The minimum atomic E-state index is -0.434. The van der Waals surface area contributed by atoms with Gasteiger partial charge in [0.2, 0.25) is 0 Å². The molecular weight excluding hydrogens is 321 g/mol. The summed E-state index contributed by atoms with van der Waals surface area (Å²) in [6.07, 6.45) is 0. The van der Waals surface area contributed by atoms with Gasteiger partial charge in [-0.25, -0.2) is 0 Å². The molecule has 0 bridgehead atoms. The van der Waals surface area contributed by atoms with Crippen LogP contribution in [0.25, 0.3) is 0 Å². The maximum absolute atomic E-state index is 12.2. The van der Waals surface area contributed by atoms with Crippen LogP contribution in [0.1, 0.15) is 10.4 Å². The molecule has 0 atom stereocenters. The van der Waals surface area contributed by atoms with Crippen molar-refractivity contribution >= 4 is 46.4 Å². The quantitative estimate of drug-likeness (QED) is 0.812. The fourth-order valence-corrected chi connectivity index (χ4v) is 2.33. The molecule has 0 aromatic heterocycles. The van der Waals surface area contributed by atoms with Gasteiger partial charge in [-0.1, -0.05) is 40.9 Å². The van der Waals surface area contributed by atoms with Crippen LogP contribution in [-0.2, 0) is 0 Å². The number of nitrogens with one attached hydrogen (secondary N) is 1. The third-order valence-electron chi connectivity index (χ3n) is 2.60. The van der Waals surface area contributed by atoms with Gasteiger partial charge in [0.15, 0.2) is 0 Å². The lowest BCUT2D eigenvalue weighted by atomic mass is 10.2. The molecule has 104 valence electrons. The number of rotatable bonds is 3. The Labute approximate surface area is 131 Å². The summed E-state index contributed by atoms with van der Waals surface area (Å²) in [4.78, 5) is 12.2. The SMILES string of the molecule is COc1cccc(NC(=O)c2c(Cl)ccc(Cl)c2Cl)c1. The first-order valence-corrected chi connectivity index (χ1v) is 6.75. The van der Waals surface area contributed by atoms with Crippen LogP contribution in [0.5, 0.6) is 5.75 Å². The number of anilines is 1. The fourth-order valence-electron chi connectivity index (χ4n) is 1.63. The summed E-state index contributed by atoms with van der Waals surface area (Å²) in [7, 11) is 1.55. The standard InChI is InChI=1S/C14H10Cl3NO2/c1-20-9-4-2-3-8(7-9)18-14(19)12-10(15)5-6-11(16)13(12)17/h2-7H,1H3,(H,18,19). The Morgan fingerprint density at radius 1 is 1.10 bits per heavy atom. The average Bonchev–Trinajstić information content (AvgIpc) is 2.43. The van der Waals surface area contributed by atoms with Gasteiger partial charge in [0, 0.05) is 11.8 Å². The van der Waals surface area contributed by atoms with E-state index in [9.17, 15) is 4.79 Å². The molecule has 0 heterocycles. The molecule has 1 N–H and O–H groups in total. The molecule has 2 aromatic carbocycles. The third-order valence-corrected chi connectivity index (χ3v) is 3.72. The van der Waals surface area contributed by atoms with Crippen molar-refractivity contribution in [2.75, 3.05) is 12.4 Å². The van der Waals surface area contributed by atoms with E-state index in [1.807, 2.05) is 0 Å². The second-order valence-electron chi connectivity index (χ2n) is 3.90. The van der Waals surface area contributed by atoms with Crippen LogP contribution in [0.2, 0.25) is 15.1 Å². The lowest BCUT2D eigenvalue weighted by molar-refractivity contribution is 0.102. The second kappa shape index (κ2) is 6.35. The van der Waals surface area contributed by atoms with Crippen molar-refractivity contribution < 1.29 is 9.53 Å². The molecule has 0 aliphatic carbocycles.